The average molecular weight is 252 g/mol. The molecule has 1 heterocycles. The van der Waals surface area contributed by atoms with Crippen molar-refractivity contribution in [2.24, 2.45) is 0 Å². The van der Waals surface area contributed by atoms with Crippen LogP contribution in [0.4, 0.5) is 0 Å². The third-order valence-electron chi connectivity index (χ3n) is 2.35. The summed E-state index contributed by atoms with van der Waals surface area (Å²) < 4.78 is 33.0. The summed E-state index contributed by atoms with van der Waals surface area (Å²) in [7, 11) is -3.52. The summed E-state index contributed by atoms with van der Waals surface area (Å²) >= 11 is 0. The first-order valence-corrected chi connectivity index (χ1v) is 6.83. The standard InChI is InChI=1S/C9H20N2O4S/c1-7(6-12)10-16(13,14)11-4-8(2)15-9(3)5-11/h7-10,12H,4-6H2,1-3H3. The Morgan fingerprint density at radius 3 is 2.38 bits per heavy atom. The van der Waals surface area contributed by atoms with Gasteiger partial charge in [0.25, 0.3) is 10.2 Å². The van der Waals surface area contributed by atoms with Gasteiger partial charge in [0.1, 0.15) is 0 Å². The minimum absolute atomic E-state index is 0.107. The van der Waals surface area contributed by atoms with Crippen molar-refractivity contribution in [3.8, 4) is 0 Å². The van der Waals surface area contributed by atoms with Crippen molar-refractivity contribution >= 4 is 10.2 Å². The molecule has 3 atom stereocenters. The molecule has 1 fully saturated rings. The third-order valence-corrected chi connectivity index (χ3v) is 4.03. The SMILES string of the molecule is CC(CO)NS(=O)(=O)N1CC(C)OC(C)C1. The van der Waals surface area contributed by atoms with E-state index in [9.17, 15) is 8.42 Å². The van der Waals surface area contributed by atoms with Gasteiger partial charge in [-0.2, -0.15) is 17.4 Å². The molecule has 7 heteroatoms. The topological polar surface area (TPSA) is 78.9 Å². The zero-order valence-electron chi connectivity index (χ0n) is 9.88. The number of aliphatic hydroxyl groups is 1. The minimum atomic E-state index is -3.52. The molecule has 0 aromatic carbocycles. The molecule has 1 aliphatic heterocycles. The maximum absolute atomic E-state index is 11.9. The molecule has 0 aromatic rings. The van der Waals surface area contributed by atoms with E-state index in [2.05, 4.69) is 4.72 Å². The smallest absolute Gasteiger partial charge is 0.279 e. The summed E-state index contributed by atoms with van der Waals surface area (Å²) in [6.07, 6.45) is -0.213. The Labute approximate surface area is 96.8 Å². The zero-order valence-corrected chi connectivity index (χ0v) is 10.7. The van der Waals surface area contributed by atoms with Gasteiger partial charge in [0.05, 0.1) is 18.8 Å². The summed E-state index contributed by atoms with van der Waals surface area (Å²) in [5.74, 6) is 0. The number of morpholine rings is 1. The predicted octanol–water partition coefficient (Wildman–Crippen LogP) is -0.689. The van der Waals surface area contributed by atoms with E-state index in [1.54, 1.807) is 6.92 Å². The van der Waals surface area contributed by atoms with E-state index in [4.69, 9.17) is 9.84 Å². The Bertz CT molecular complexity index is 309. The Balaban J connectivity index is 2.67. The van der Waals surface area contributed by atoms with Crippen LogP contribution in [-0.2, 0) is 14.9 Å². The van der Waals surface area contributed by atoms with Gasteiger partial charge in [-0.3, -0.25) is 0 Å². The van der Waals surface area contributed by atoms with E-state index >= 15 is 0 Å². The highest BCUT2D eigenvalue weighted by Gasteiger charge is 2.31. The van der Waals surface area contributed by atoms with E-state index in [1.807, 2.05) is 13.8 Å². The summed E-state index contributed by atoms with van der Waals surface area (Å²) in [4.78, 5) is 0. The number of ether oxygens (including phenoxy) is 1. The van der Waals surface area contributed by atoms with Gasteiger partial charge < -0.3 is 9.84 Å². The third kappa shape index (κ3) is 3.67. The fraction of sp³-hybridized carbons (Fsp3) is 1.00. The Morgan fingerprint density at radius 2 is 1.94 bits per heavy atom. The second-order valence-corrected chi connectivity index (χ2v) is 5.98. The van der Waals surface area contributed by atoms with Crippen molar-refractivity contribution in [1.82, 2.24) is 9.03 Å². The molecular weight excluding hydrogens is 232 g/mol. The molecule has 3 unspecified atom stereocenters. The van der Waals surface area contributed by atoms with Gasteiger partial charge in [-0.25, -0.2) is 0 Å². The van der Waals surface area contributed by atoms with Crippen LogP contribution in [0.3, 0.4) is 0 Å². The number of nitrogens with zero attached hydrogens (tertiary/aromatic N) is 1. The second-order valence-electron chi connectivity index (χ2n) is 4.28. The van der Waals surface area contributed by atoms with Crippen LogP contribution in [0.1, 0.15) is 20.8 Å². The maximum atomic E-state index is 11.9. The van der Waals surface area contributed by atoms with Crippen LogP contribution in [-0.4, -0.2) is 55.8 Å². The molecule has 1 rings (SSSR count). The lowest BCUT2D eigenvalue weighted by Crippen LogP contribution is -2.53. The van der Waals surface area contributed by atoms with E-state index in [0.717, 1.165) is 0 Å². The highest BCUT2D eigenvalue weighted by Crippen LogP contribution is 2.13. The van der Waals surface area contributed by atoms with Crippen molar-refractivity contribution in [1.29, 1.82) is 0 Å². The summed E-state index contributed by atoms with van der Waals surface area (Å²) in [6, 6.07) is -0.474. The van der Waals surface area contributed by atoms with Gasteiger partial charge in [0.15, 0.2) is 0 Å². The van der Waals surface area contributed by atoms with Gasteiger partial charge in [-0.1, -0.05) is 0 Å². The molecule has 0 bridgehead atoms. The van der Waals surface area contributed by atoms with Crippen LogP contribution in [0, 0.1) is 0 Å². The van der Waals surface area contributed by atoms with Crippen LogP contribution in [0.15, 0.2) is 0 Å². The van der Waals surface area contributed by atoms with Gasteiger partial charge >= 0.3 is 0 Å². The molecule has 0 spiro atoms. The number of hydrogen-bond acceptors (Lipinski definition) is 4. The molecule has 1 aliphatic rings. The lowest BCUT2D eigenvalue weighted by atomic mass is 10.3. The molecule has 0 aliphatic carbocycles. The van der Waals surface area contributed by atoms with Crippen LogP contribution >= 0.6 is 0 Å². The Kier molecular flexibility index (Phi) is 4.69. The summed E-state index contributed by atoms with van der Waals surface area (Å²) in [5, 5.41) is 8.83. The highest BCUT2D eigenvalue weighted by atomic mass is 32.2. The van der Waals surface area contributed by atoms with Crippen molar-refractivity contribution in [3.05, 3.63) is 0 Å². The molecule has 0 aromatic heterocycles. The minimum Gasteiger partial charge on any atom is -0.395 e. The average Bonchev–Trinajstić information content (AvgIpc) is 2.15. The van der Waals surface area contributed by atoms with Crippen LogP contribution in [0.2, 0.25) is 0 Å². The van der Waals surface area contributed by atoms with Crippen molar-refractivity contribution in [2.75, 3.05) is 19.7 Å². The van der Waals surface area contributed by atoms with Crippen molar-refractivity contribution in [2.45, 2.75) is 39.0 Å². The normalized spacial score (nSPS) is 30.2. The molecule has 6 nitrogen and oxygen atoms in total. The van der Waals surface area contributed by atoms with Crippen molar-refractivity contribution < 1.29 is 18.3 Å². The lowest BCUT2D eigenvalue weighted by Gasteiger charge is -2.34. The molecule has 1 saturated heterocycles. The zero-order chi connectivity index (χ0) is 12.3. The Hall–Kier alpha value is -0.210. The lowest BCUT2D eigenvalue weighted by molar-refractivity contribution is -0.0444. The molecule has 0 radical (unpaired) electrons. The number of hydrogen-bond donors (Lipinski definition) is 2. The summed E-state index contributed by atoms with van der Waals surface area (Å²) in [5.41, 5.74) is 0. The van der Waals surface area contributed by atoms with Gasteiger partial charge in [-0.05, 0) is 20.8 Å². The molecule has 0 saturated carbocycles. The summed E-state index contributed by atoms with van der Waals surface area (Å²) in [6.45, 7) is 5.77. The molecule has 0 amide bonds. The van der Waals surface area contributed by atoms with Crippen LogP contribution in [0.25, 0.3) is 0 Å². The van der Waals surface area contributed by atoms with Gasteiger partial charge in [0.2, 0.25) is 0 Å². The Morgan fingerprint density at radius 1 is 1.44 bits per heavy atom. The van der Waals surface area contributed by atoms with Gasteiger partial charge in [0, 0.05) is 19.1 Å². The van der Waals surface area contributed by atoms with Crippen molar-refractivity contribution in [3.63, 3.8) is 0 Å². The van der Waals surface area contributed by atoms with E-state index in [1.165, 1.54) is 4.31 Å². The van der Waals surface area contributed by atoms with Gasteiger partial charge in [-0.15, -0.1) is 0 Å². The predicted molar refractivity (Wildman–Crippen MR) is 60.2 cm³/mol. The number of aliphatic hydroxyl groups excluding tert-OH is 1. The van der Waals surface area contributed by atoms with Crippen LogP contribution in [0.5, 0.6) is 0 Å². The quantitative estimate of drug-likeness (QED) is 0.694. The molecule has 2 N–H and O–H groups in total. The highest BCUT2D eigenvalue weighted by molar-refractivity contribution is 7.87. The van der Waals surface area contributed by atoms with E-state index in [-0.39, 0.29) is 18.8 Å². The maximum Gasteiger partial charge on any atom is 0.279 e. The van der Waals surface area contributed by atoms with E-state index in [0.29, 0.717) is 13.1 Å². The first-order valence-electron chi connectivity index (χ1n) is 5.39. The molecular formula is C9H20N2O4S. The monoisotopic (exact) mass is 252 g/mol. The van der Waals surface area contributed by atoms with E-state index < -0.39 is 16.3 Å². The fourth-order valence-corrected chi connectivity index (χ4v) is 3.24. The number of nitrogens with one attached hydrogen (secondary N) is 1. The fourth-order valence-electron chi connectivity index (χ4n) is 1.69. The first-order chi connectivity index (χ1) is 7.35. The largest absolute Gasteiger partial charge is 0.395 e. The van der Waals surface area contributed by atoms with Crippen LogP contribution < -0.4 is 4.72 Å². The second kappa shape index (κ2) is 5.42. The first kappa shape index (κ1) is 13.9. The molecule has 16 heavy (non-hydrogen) atoms. The number of rotatable bonds is 4. The molecule has 96 valence electrons.